The van der Waals surface area contributed by atoms with Gasteiger partial charge in [-0.05, 0) is 30.5 Å². The van der Waals surface area contributed by atoms with Crippen LogP contribution in [0.25, 0.3) is 10.8 Å². The van der Waals surface area contributed by atoms with Crippen LogP contribution in [0.5, 0.6) is 5.75 Å². The Bertz CT molecular complexity index is 1470. The summed E-state index contributed by atoms with van der Waals surface area (Å²) in [7, 11) is -2.02. The van der Waals surface area contributed by atoms with Crippen molar-refractivity contribution in [3.63, 3.8) is 0 Å². The Labute approximate surface area is 228 Å². The minimum absolute atomic E-state index is 0.0856. The number of fused-ring (bicyclic) bond motifs is 2. The van der Waals surface area contributed by atoms with E-state index in [1.54, 1.807) is 31.0 Å². The molecule has 0 fully saturated rings. The van der Waals surface area contributed by atoms with E-state index < -0.39 is 22.2 Å². The molecule has 4 rings (SSSR count). The predicted octanol–water partition coefficient (Wildman–Crippen LogP) is 3.60. The zero-order valence-corrected chi connectivity index (χ0v) is 23.2. The number of carbonyl (C=O) groups excluding carboxylic acids is 2. The van der Waals surface area contributed by atoms with Crippen molar-refractivity contribution in [2.75, 3.05) is 43.0 Å². The molecule has 0 bridgehead atoms. The highest BCUT2D eigenvalue weighted by atomic mass is 32.2. The van der Waals surface area contributed by atoms with Crippen molar-refractivity contribution in [3.05, 3.63) is 66.2 Å². The maximum atomic E-state index is 13.5. The van der Waals surface area contributed by atoms with Crippen molar-refractivity contribution < 1.29 is 27.9 Å². The molecule has 0 saturated carbocycles. The number of likely N-dealkylation sites (N-methyl/N-ethyl adjacent to an activating group) is 1. The fourth-order valence-electron chi connectivity index (χ4n) is 4.64. The number of benzene rings is 3. The fraction of sp³-hybridized carbons (Fsp3) is 0.357. The number of urea groups is 1. The normalized spacial score (nSPS) is 18.4. The number of nitrogens with one attached hydrogen (secondary N) is 2. The molecule has 0 spiro atoms. The lowest BCUT2D eigenvalue weighted by atomic mass is 9.99. The van der Waals surface area contributed by atoms with Crippen LogP contribution in [0.2, 0.25) is 0 Å². The van der Waals surface area contributed by atoms with Gasteiger partial charge in [-0.2, -0.15) is 0 Å². The molecule has 3 N–H and O–H groups in total. The molecule has 3 aromatic carbocycles. The second-order valence-corrected chi connectivity index (χ2v) is 11.8. The van der Waals surface area contributed by atoms with Crippen LogP contribution < -0.4 is 14.8 Å². The molecular weight excluding hydrogens is 520 g/mol. The molecule has 10 nitrogen and oxygen atoms in total. The summed E-state index contributed by atoms with van der Waals surface area (Å²) in [4.78, 5) is 29.8. The first-order valence-corrected chi connectivity index (χ1v) is 14.6. The van der Waals surface area contributed by atoms with Crippen LogP contribution in [0.4, 0.5) is 16.2 Å². The van der Waals surface area contributed by atoms with E-state index in [4.69, 9.17) is 4.74 Å². The van der Waals surface area contributed by atoms with Gasteiger partial charge in [-0.15, -0.1) is 0 Å². The van der Waals surface area contributed by atoms with Gasteiger partial charge in [-0.25, -0.2) is 13.2 Å². The molecule has 0 aliphatic carbocycles. The number of nitrogens with zero attached hydrogens (tertiary/aromatic N) is 2. The van der Waals surface area contributed by atoms with Crippen LogP contribution >= 0.6 is 0 Å². The summed E-state index contributed by atoms with van der Waals surface area (Å²) in [6.45, 7) is 3.81. The number of aliphatic hydroxyl groups is 1. The third-order valence-corrected chi connectivity index (χ3v) is 7.41. The average molecular weight is 555 g/mol. The van der Waals surface area contributed by atoms with E-state index in [-0.39, 0.29) is 54.6 Å². The van der Waals surface area contributed by atoms with Gasteiger partial charge in [0, 0.05) is 24.9 Å². The van der Waals surface area contributed by atoms with Crippen molar-refractivity contribution in [2.24, 2.45) is 5.92 Å². The number of anilines is 2. The van der Waals surface area contributed by atoms with Crippen LogP contribution in [0.1, 0.15) is 24.2 Å². The highest BCUT2D eigenvalue weighted by Crippen LogP contribution is 2.35. The Kier molecular flexibility index (Phi) is 8.31. The minimum Gasteiger partial charge on any atom is -0.485 e. The molecule has 1 aliphatic heterocycles. The predicted molar refractivity (Wildman–Crippen MR) is 152 cm³/mol. The van der Waals surface area contributed by atoms with Gasteiger partial charge >= 0.3 is 6.03 Å². The summed E-state index contributed by atoms with van der Waals surface area (Å²) in [5.74, 6) is -0.561. The van der Waals surface area contributed by atoms with Gasteiger partial charge in [0.05, 0.1) is 42.4 Å². The number of carbonyl (C=O) groups is 2. The highest BCUT2D eigenvalue weighted by molar-refractivity contribution is 7.92. The van der Waals surface area contributed by atoms with E-state index in [9.17, 15) is 23.1 Å². The first-order valence-electron chi connectivity index (χ1n) is 12.7. The maximum absolute atomic E-state index is 13.5. The molecule has 0 aromatic heterocycles. The van der Waals surface area contributed by atoms with E-state index in [0.29, 0.717) is 5.69 Å². The molecule has 39 heavy (non-hydrogen) atoms. The molecule has 3 amide bonds. The molecule has 11 heteroatoms. The van der Waals surface area contributed by atoms with Crippen LogP contribution in [0.15, 0.2) is 60.7 Å². The van der Waals surface area contributed by atoms with Crippen LogP contribution in [-0.2, 0) is 10.0 Å². The maximum Gasteiger partial charge on any atom is 0.321 e. The zero-order chi connectivity index (χ0) is 28.3. The van der Waals surface area contributed by atoms with Gasteiger partial charge in [0.25, 0.3) is 5.91 Å². The third kappa shape index (κ3) is 6.43. The monoisotopic (exact) mass is 554 g/mol. The topological polar surface area (TPSA) is 128 Å². The van der Waals surface area contributed by atoms with Crippen molar-refractivity contribution >= 4 is 44.1 Å². The van der Waals surface area contributed by atoms with Crippen molar-refractivity contribution in [3.8, 4) is 5.75 Å². The summed E-state index contributed by atoms with van der Waals surface area (Å²) >= 11 is 0. The first-order chi connectivity index (χ1) is 18.5. The summed E-state index contributed by atoms with van der Waals surface area (Å²) in [6, 6.07) is 17.3. The van der Waals surface area contributed by atoms with Gasteiger partial charge in [-0.3, -0.25) is 9.52 Å². The van der Waals surface area contributed by atoms with Gasteiger partial charge in [0.1, 0.15) is 6.10 Å². The standard InChI is InChI=1S/C28H34N4O6S/c1-18-15-32(19(2)17-33)27(34)22-12-8-14-24(30-39(4,36)37)26(22)38-25(18)16-31(3)28(35)29-23-13-7-10-20-9-5-6-11-21(20)23/h5-14,18-19,25,30,33H,15-17H2,1-4H3,(H,29,35)/t18-,19-,25-/m1/s1. The Hall–Kier alpha value is -3.83. The Morgan fingerprint density at radius 2 is 1.79 bits per heavy atom. The number of hydrogen-bond donors (Lipinski definition) is 3. The van der Waals surface area contributed by atoms with Gasteiger partial charge < -0.3 is 25.0 Å². The van der Waals surface area contributed by atoms with Crippen LogP contribution in [-0.4, -0.2) is 80.4 Å². The van der Waals surface area contributed by atoms with Gasteiger partial charge in [0.2, 0.25) is 10.0 Å². The molecule has 3 atom stereocenters. The third-order valence-electron chi connectivity index (χ3n) is 6.82. The number of amides is 3. The SMILES string of the molecule is C[C@@H]1CN([C@H](C)CO)C(=O)c2cccc(NS(C)(=O)=O)c2O[C@@H]1CN(C)C(=O)Nc1cccc2ccccc12. The zero-order valence-electron chi connectivity index (χ0n) is 22.4. The highest BCUT2D eigenvalue weighted by Gasteiger charge is 2.35. The van der Waals surface area contributed by atoms with E-state index in [1.807, 2.05) is 49.4 Å². The lowest BCUT2D eigenvalue weighted by Gasteiger charge is -2.38. The Morgan fingerprint density at radius 1 is 1.13 bits per heavy atom. The van der Waals surface area contributed by atoms with E-state index in [0.717, 1.165) is 17.0 Å². The first kappa shape index (κ1) is 28.2. The summed E-state index contributed by atoms with van der Waals surface area (Å²) in [5, 5.41) is 14.7. The summed E-state index contributed by atoms with van der Waals surface area (Å²) in [6.07, 6.45) is 0.416. The lowest BCUT2D eigenvalue weighted by molar-refractivity contribution is 0.0373. The van der Waals surface area contributed by atoms with Gasteiger partial charge in [0.15, 0.2) is 5.75 Å². The number of rotatable bonds is 7. The largest absolute Gasteiger partial charge is 0.485 e. The van der Waals surface area contributed by atoms with E-state index >= 15 is 0 Å². The van der Waals surface area contributed by atoms with E-state index in [2.05, 4.69) is 10.0 Å². The average Bonchev–Trinajstić information content (AvgIpc) is 2.89. The van der Waals surface area contributed by atoms with Crippen LogP contribution in [0, 0.1) is 5.92 Å². The number of sulfonamides is 1. The molecule has 0 radical (unpaired) electrons. The van der Waals surface area contributed by atoms with Crippen molar-refractivity contribution in [1.29, 1.82) is 0 Å². The smallest absolute Gasteiger partial charge is 0.321 e. The molecule has 208 valence electrons. The summed E-state index contributed by atoms with van der Waals surface area (Å²) in [5.41, 5.74) is 0.973. The molecular formula is C28H34N4O6S. The van der Waals surface area contributed by atoms with Crippen molar-refractivity contribution in [2.45, 2.75) is 26.0 Å². The van der Waals surface area contributed by atoms with E-state index in [1.165, 1.54) is 11.0 Å². The molecule has 1 aliphatic rings. The van der Waals surface area contributed by atoms with Crippen LogP contribution in [0.3, 0.4) is 0 Å². The fourth-order valence-corrected chi connectivity index (χ4v) is 5.20. The number of aliphatic hydroxyl groups excluding tert-OH is 1. The van der Waals surface area contributed by atoms with Gasteiger partial charge in [-0.1, -0.05) is 49.4 Å². The number of para-hydroxylation sites is 1. The number of hydrogen-bond acceptors (Lipinski definition) is 6. The van der Waals surface area contributed by atoms with Crippen molar-refractivity contribution in [1.82, 2.24) is 9.80 Å². The number of ether oxygens (including phenoxy) is 1. The molecule has 0 unspecified atom stereocenters. The minimum atomic E-state index is -3.67. The second-order valence-electron chi connectivity index (χ2n) is 10.0. The molecule has 0 saturated heterocycles. The Morgan fingerprint density at radius 3 is 2.51 bits per heavy atom. The quantitative estimate of drug-likeness (QED) is 0.410. The Balaban J connectivity index is 1.64. The summed E-state index contributed by atoms with van der Waals surface area (Å²) < 4.78 is 32.9. The molecule has 3 aromatic rings. The second kappa shape index (κ2) is 11.5. The molecule has 1 heterocycles. The lowest BCUT2D eigenvalue weighted by Crippen LogP contribution is -2.50.